The molecule has 0 amide bonds. The van der Waals surface area contributed by atoms with Crippen LogP contribution in [0.5, 0.6) is 0 Å². The Bertz CT molecular complexity index is 647. The van der Waals surface area contributed by atoms with Gasteiger partial charge < -0.3 is 5.32 Å². The Balaban J connectivity index is 2.25. The summed E-state index contributed by atoms with van der Waals surface area (Å²) in [6, 6.07) is 16.3. The highest BCUT2D eigenvalue weighted by atomic mass is 79.9. The summed E-state index contributed by atoms with van der Waals surface area (Å²) >= 11 is 7.02. The third-order valence-corrected chi connectivity index (χ3v) is 4.24. The standard InChI is InChI=1S/C16H14Br2N2/c1-2-15(12-4-3-5-13(17)9-12)20-16-7-6-11(10-19)8-14(16)18/h3-9,15,20H,2H2,1H3. The number of hydrogen-bond donors (Lipinski definition) is 1. The van der Waals surface area contributed by atoms with Crippen molar-refractivity contribution in [3.05, 3.63) is 62.5 Å². The van der Waals surface area contributed by atoms with Gasteiger partial charge in [0.2, 0.25) is 0 Å². The molecule has 0 bridgehead atoms. The van der Waals surface area contributed by atoms with E-state index in [-0.39, 0.29) is 6.04 Å². The Morgan fingerprint density at radius 1 is 1.20 bits per heavy atom. The molecule has 102 valence electrons. The maximum atomic E-state index is 8.89. The van der Waals surface area contributed by atoms with Gasteiger partial charge in [-0.15, -0.1) is 0 Å². The van der Waals surface area contributed by atoms with E-state index in [1.807, 2.05) is 30.3 Å². The molecule has 2 aromatic rings. The van der Waals surface area contributed by atoms with Gasteiger partial charge in [-0.2, -0.15) is 5.26 Å². The number of anilines is 1. The van der Waals surface area contributed by atoms with Gasteiger partial charge in [-0.3, -0.25) is 0 Å². The first-order valence-corrected chi connectivity index (χ1v) is 7.94. The molecule has 1 atom stereocenters. The summed E-state index contributed by atoms with van der Waals surface area (Å²) in [6.45, 7) is 2.15. The number of hydrogen-bond acceptors (Lipinski definition) is 2. The molecule has 0 radical (unpaired) electrons. The molecule has 0 fully saturated rings. The molecule has 0 spiro atoms. The maximum Gasteiger partial charge on any atom is 0.0992 e. The van der Waals surface area contributed by atoms with Crippen LogP contribution in [0.2, 0.25) is 0 Å². The highest BCUT2D eigenvalue weighted by Gasteiger charge is 2.11. The summed E-state index contributed by atoms with van der Waals surface area (Å²) in [5, 5.41) is 12.4. The molecule has 1 N–H and O–H groups in total. The lowest BCUT2D eigenvalue weighted by Crippen LogP contribution is -2.10. The highest BCUT2D eigenvalue weighted by molar-refractivity contribution is 9.10. The fourth-order valence-electron chi connectivity index (χ4n) is 2.03. The largest absolute Gasteiger partial charge is 0.377 e. The molecule has 1 unspecified atom stereocenters. The van der Waals surface area contributed by atoms with Crippen LogP contribution in [0.3, 0.4) is 0 Å². The van der Waals surface area contributed by atoms with Crippen LogP contribution in [0, 0.1) is 11.3 Å². The van der Waals surface area contributed by atoms with Gasteiger partial charge in [0.25, 0.3) is 0 Å². The first kappa shape index (κ1) is 15.1. The van der Waals surface area contributed by atoms with Gasteiger partial charge in [0.05, 0.1) is 17.7 Å². The molecule has 2 aromatic carbocycles. The van der Waals surface area contributed by atoms with Crippen LogP contribution in [0.25, 0.3) is 0 Å². The van der Waals surface area contributed by atoms with Crippen LogP contribution >= 0.6 is 31.9 Å². The van der Waals surface area contributed by atoms with Crippen molar-refractivity contribution >= 4 is 37.5 Å². The molecule has 2 nitrogen and oxygen atoms in total. The van der Waals surface area contributed by atoms with Gasteiger partial charge >= 0.3 is 0 Å². The van der Waals surface area contributed by atoms with E-state index in [9.17, 15) is 0 Å². The smallest absolute Gasteiger partial charge is 0.0992 e. The topological polar surface area (TPSA) is 35.8 Å². The number of nitrogens with one attached hydrogen (secondary N) is 1. The van der Waals surface area contributed by atoms with Crippen LogP contribution in [-0.2, 0) is 0 Å². The van der Waals surface area contributed by atoms with E-state index in [0.29, 0.717) is 5.56 Å². The minimum Gasteiger partial charge on any atom is -0.377 e. The molecule has 4 heteroatoms. The Morgan fingerprint density at radius 2 is 2.00 bits per heavy atom. The molecule has 0 aromatic heterocycles. The fourth-order valence-corrected chi connectivity index (χ4v) is 2.94. The van der Waals surface area contributed by atoms with E-state index in [2.05, 4.69) is 62.3 Å². The minimum absolute atomic E-state index is 0.233. The van der Waals surface area contributed by atoms with Gasteiger partial charge in [0.1, 0.15) is 0 Å². The summed E-state index contributed by atoms with van der Waals surface area (Å²) in [5.74, 6) is 0. The Morgan fingerprint density at radius 3 is 2.60 bits per heavy atom. The number of halogens is 2. The van der Waals surface area contributed by atoms with Crippen molar-refractivity contribution < 1.29 is 0 Å². The zero-order valence-electron chi connectivity index (χ0n) is 11.0. The van der Waals surface area contributed by atoms with Crippen molar-refractivity contribution in [1.29, 1.82) is 5.26 Å². The van der Waals surface area contributed by atoms with E-state index in [4.69, 9.17) is 5.26 Å². The monoisotopic (exact) mass is 392 g/mol. The highest BCUT2D eigenvalue weighted by Crippen LogP contribution is 2.29. The number of nitriles is 1. The molecule has 0 aliphatic rings. The van der Waals surface area contributed by atoms with Crippen molar-refractivity contribution in [3.63, 3.8) is 0 Å². The number of benzene rings is 2. The molecular weight excluding hydrogens is 380 g/mol. The van der Waals surface area contributed by atoms with Crippen LogP contribution in [0.1, 0.15) is 30.5 Å². The summed E-state index contributed by atoms with van der Waals surface area (Å²) < 4.78 is 1.99. The lowest BCUT2D eigenvalue weighted by molar-refractivity contribution is 0.748. The normalized spacial score (nSPS) is 11.7. The van der Waals surface area contributed by atoms with Crippen molar-refractivity contribution in [2.45, 2.75) is 19.4 Å². The maximum absolute atomic E-state index is 8.89. The molecule has 0 saturated heterocycles. The molecule has 0 aliphatic carbocycles. The summed E-state index contributed by atoms with van der Waals surface area (Å²) in [7, 11) is 0. The van der Waals surface area contributed by atoms with E-state index in [1.165, 1.54) is 5.56 Å². The van der Waals surface area contributed by atoms with E-state index in [0.717, 1.165) is 21.1 Å². The average molecular weight is 394 g/mol. The van der Waals surface area contributed by atoms with E-state index < -0.39 is 0 Å². The second kappa shape index (κ2) is 6.92. The van der Waals surface area contributed by atoms with Crippen LogP contribution in [-0.4, -0.2) is 0 Å². The van der Waals surface area contributed by atoms with Crippen LogP contribution in [0.15, 0.2) is 51.4 Å². The van der Waals surface area contributed by atoms with Gasteiger partial charge in [-0.25, -0.2) is 0 Å². The van der Waals surface area contributed by atoms with E-state index >= 15 is 0 Å². The minimum atomic E-state index is 0.233. The second-order valence-electron chi connectivity index (χ2n) is 4.47. The Kier molecular flexibility index (Phi) is 5.22. The van der Waals surface area contributed by atoms with Gasteiger partial charge in [0, 0.05) is 14.6 Å². The lowest BCUT2D eigenvalue weighted by Gasteiger charge is -2.20. The second-order valence-corrected chi connectivity index (χ2v) is 6.24. The third kappa shape index (κ3) is 3.62. The van der Waals surface area contributed by atoms with E-state index in [1.54, 1.807) is 0 Å². The van der Waals surface area contributed by atoms with Gasteiger partial charge in [-0.05, 0) is 58.2 Å². The zero-order chi connectivity index (χ0) is 14.5. The number of rotatable bonds is 4. The summed E-state index contributed by atoms with van der Waals surface area (Å²) in [6.07, 6.45) is 0.975. The first-order valence-electron chi connectivity index (χ1n) is 6.35. The number of nitrogens with zero attached hydrogens (tertiary/aromatic N) is 1. The molecule has 2 rings (SSSR count). The van der Waals surface area contributed by atoms with Crippen molar-refractivity contribution in [2.24, 2.45) is 0 Å². The van der Waals surface area contributed by atoms with Crippen molar-refractivity contribution in [3.8, 4) is 6.07 Å². The summed E-state index contributed by atoms with van der Waals surface area (Å²) in [5.41, 5.74) is 2.88. The van der Waals surface area contributed by atoms with Crippen LogP contribution in [0.4, 0.5) is 5.69 Å². The molecular formula is C16H14Br2N2. The molecule has 20 heavy (non-hydrogen) atoms. The quantitative estimate of drug-likeness (QED) is 0.728. The summed E-state index contributed by atoms with van der Waals surface area (Å²) in [4.78, 5) is 0. The fraction of sp³-hybridized carbons (Fsp3) is 0.188. The third-order valence-electron chi connectivity index (χ3n) is 3.09. The molecule has 0 saturated carbocycles. The predicted octanol–water partition coefficient (Wildman–Crippen LogP) is 5.65. The van der Waals surface area contributed by atoms with Gasteiger partial charge in [0.15, 0.2) is 0 Å². The first-order chi connectivity index (χ1) is 9.63. The molecule has 0 aliphatic heterocycles. The lowest BCUT2D eigenvalue weighted by atomic mass is 10.0. The average Bonchev–Trinajstić information content (AvgIpc) is 2.46. The Hall–Kier alpha value is -1.31. The zero-order valence-corrected chi connectivity index (χ0v) is 14.2. The SMILES string of the molecule is CCC(Nc1ccc(C#N)cc1Br)c1cccc(Br)c1. The van der Waals surface area contributed by atoms with Gasteiger partial charge in [-0.1, -0.05) is 35.0 Å². The van der Waals surface area contributed by atoms with Crippen molar-refractivity contribution in [1.82, 2.24) is 0 Å². The Labute approximate surface area is 136 Å². The molecule has 0 heterocycles. The predicted molar refractivity (Wildman–Crippen MR) is 89.7 cm³/mol. The van der Waals surface area contributed by atoms with Crippen LogP contribution < -0.4 is 5.32 Å². The van der Waals surface area contributed by atoms with Crippen molar-refractivity contribution in [2.75, 3.05) is 5.32 Å².